The summed E-state index contributed by atoms with van der Waals surface area (Å²) in [7, 11) is 6.25. The van der Waals surface area contributed by atoms with E-state index in [2.05, 4.69) is 0 Å². The number of likely N-dealkylation sites (tertiary alicyclic amines) is 1. The molecular weight excluding hydrogens is 953 g/mol. The number of amides is 3. The molecule has 0 aliphatic carbocycles. The topological polar surface area (TPSA) is 222 Å². The molecule has 1 heterocycles. The molecule has 0 spiro atoms. The molecule has 1 saturated heterocycles. The van der Waals surface area contributed by atoms with Crippen LogP contribution in [0.3, 0.4) is 0 Å². The molecule has 1 N–H and O–H groups in total. The molecule has 0 bridgehead atoms. The fourth-order valence-corrected chi connectivity index (χ4v) is 10.0. The maximum Gasteiger partial charge on any atom is 0.519 e. The number of aliphatic hydroxyl groups is 1. The van der Waals surface area contributed by atoms with E-state index in [0.29, 0.717) is 24.9 Å². The van der Waals surface area contributed by atoms with Gasteiger partial charge < -0.3 is 43.5 Å². The van der Waals surface area contributed by atoms with Crippen molar-refractivity contribution in [2.24, 2.45) is 35.5 Å². The molecule has 3 amide bonds. The second kappa shape index (κ2) is 28.4. The number of ether oxygens (including phenoxy) is 5. The number of non-ortho nitro benzene ring substituents is 1. The summed E-state index contributed by atoms with van der Waals surface area (Å²) in [6.45, 7) is 15.4. The number of benzene rings is 3. The largest absolute Gasteiger partial charge is 0.519 e. The van der Waals surface area contributed by atoms with Crippen molar-refractivity contribution in [2.75, 3.05) is 34.9 Å². The second-order valence-corrected chi connectivity index (χ2v) is 20.3. The molecule has 0 aromatic heterocycles. The highest BCUT2D eigenvalue weighted by Crippen LogP contribution is 2.33. The van der Waals surface area contributed by atoms with E-state index in [0.717, 1.165) is 12.0 Å². The number of likely N-dealkylation sites (N-methyl/N-ethyl adjacent to an activating group) is 2. The lowest BCUT2D eigenvalue weighted by Crippen LogP contribution is -2.54. The molecule has 10 atom stereocenters. The fourth-order valence-electron chi connectivity index (χ4n) is 10.0. The lowest BCUT2D eigenvalue weighted by Gasteiger charge is -2.41. The van der Waals surface area contributed by atoms with Gasteiger partial charge >= 0.3 is 12.2 Å². The van der Waals surface area contributed by atoms with Gasteiger partial charge in [0, 0.05) is 71.7 Å². The molecule has 3 aromatic carbocycles. The third-order valence-corrected chi connectivity index (χ3v) is 14.5. The van der Waals surface area contributed by atoms with Gasteiger partial charge in [-0.1, -0.05) is 104 Å². The monoisotopic (exact) mass is 1030 g/mol. The first kappa shape index (κ1) is 60.3. The highest BCUT2D eigenvalue weighted by Gasteiger charge is 2.44. The fraction of sp³-hybridized carbons (Fsp3) is 0.571. The van der Waals surface area contributed by atoms with Gasteiger partial charge in [-0.2, -0.15) is 0 Å². The maximum absolute atomic E-state index is 14.7. The van der Waals surface area contributed by atoms with Crippen LogP contribution in [0, 0.1) is 45.6 Å². The number of nitro benzene ring substituents is 1. The average Bonchev–Trinajstić information content (AvgIpc) is 3.86. The number of carbonyl (C=O) groups excluding carboxylic acids is 6. The van der Waals surface area contributed by atoms with Gasteiger partial charge in [0.05, 0.1) is 47.8 Å². The Morgan fingerprint density at radius 1 is 0.757 bits per heavy atom. The van der Waals surface area contributed by atoms with Crippen LogP contribution >= 0.6 is 0 Å². The molecular formula is C56H78N4O14. The zero-order valence-corrected chi connectivity index (χ0v) is 45.1. The van der Waals surface area contributed by atoms with Crippen LogP contribution in [0.25, 0.3) is 0 Å². The van der Waals surface area contributed by atoms with Gasteiger partial charge in [-0.25, -0.2) is 9.59 Å². The van der Waals surface area contributed by atoms with Gasteiger partial charge in [0.1, 0.15) is 23.9 Å². The Bertz CT molecular complexity index is 2330. The van der Waals surface area contributed by atoms with Crippen molar-refractivity contribution in [1.29, 1.82) is 0 Å². The summed E-state index contributed by atoms with van der Waals surface area (Å²) in [5.41, 5.74) is 1.13. The Kier molecular flexibility index (Phi) is 23.2. The predicted octanol–water partition coefficient (Wildman–Crippen LogP) is 9.25. The van der Waals surface area contributed by atoms with E-state index >= 15 is 0 Å². The Morgan fingerprint density at radius 2 is 1.35 bits per heavy atom. The summed E-state index contributed by atoms with van der Waals surface area (Å²) in [4.78, 5) is 97.9. The van der Waals surface area contributed by atoms with Crippen molar-refractivity contribution in [2.45, 2.75) is 137 Å². The van der Waals surface area contributed by atoms with Crippen molar-refractivity contribution in [3.8, 4) is 11.5 Å². The number of aliphatic hydroxyl groups excluding tert-OH is 1. The summed E-state index contributed by atoms with van der Waals surface area (Å²) < 4.78 is 27.9. The Labute approximate surface area is 436 Å². The minimum Gasteiger partial charge on any atom is -0.445 e. The molecule has 0 unspecified atom stereocenters. The number of nitrogens with zero attached hydrogens (tertiary/aromatic N) is 4. The first-order valence-electron chi connectivity index (χ1n) is 25.6. The summed E-state index contributed by atoms with van der Waals surface area (Å²) in [5.74, 6) is -3.06. The lowest BCUT2D eigenvalue weighted by atomic mass is 9.83. The van der Waals surface area contributed by atoms with E-state index in [1.807, 2.05) is 85.7 Å². The second-order valence-electron chi connectivity index (χ2n) is 20.3. The molecule has 1 aliphatic rings. The lowest BCUT2D eigenvalue weighted by molar-refractivity contribution is -0.384. The van der Waals surface area contributed by atoms with Crippen LogP contribution in [0.5, 0.6) is 11.5 Å². The summed E-state index contributed by atoms with van der Waals surface area (Å²) >= 11 is 0. The van der Waals surface area contributed by atoms with Crippen molar-refractivity contribution in [3.05, 3.63) is 100 Å². The van der Waals surface area contributed by atoms with Gasteiger partial charge in [-0.3, -0.25) is 29.3 Å². The van der Waals surface area contributed by atoms with Crippen LogP contribution in [0.4, 0.5) is 15.3 Å². The van der Waals surface area contributed by atoms with Crippen LogP contribution in [-0.2, 0) is 40.0 Å². The molecule has 3 aromatic rings. The average molecular weight is 1030 g/mol. The quantitative estimate of drug-likeness (QED) is 0.0325. The van der Waals surface area contributed by atoms with E-state index in [1.165, 1.54) is 55.5 Å². The van der Waals surface area contributed by atoms with Gasteiger partial charge in [-0.05, 0) is 71.9 Å². The Morgan fingerprint density at radius 3 is 1.88 bits per heavy atom. The molecule has 4 rings (SSSR count). The van der Waals surface area contributed by atoms with Gasteiger partial charge in [-0.15, -0.1) is 0 Å². The summed E-state index contributed by atoms with van der Waals surface area (Å²) in [6.07, 6.45) is -1.95. The number of Topliss-reactive ketones (excluding diaryl/α,β-unsaturated/α-hetero) is 2. The van der Waals surface area contributed by atoms with Crippen LogP contribution in [0.1, 0.15) is 111 Å². The van der Waals surface area contributed by atoms with Crippen LogP contribution in [-0.4, -0.2) is 126 Å². The smallest absolute Gasteiger partial charge is 0.445 e. The third kappa shape index (κ3) is 16.1. The molecule has 0 radical (unpaired) electrons. The van der Waals surface area contributed by atoms with E-state index in [9.17, 15) is 44.0 Å². The van der Waals surface area contributed by atoms with Crippen LogP contribution in [0.2, 0.25) is 0 Å². The SMILES string of the molecule is CC[C@H](C)[C@@H]([C@@H](CC(=O)N1CCC[C@H]1[C@H](OC)[C@@H](C)C(=O)C[C@H](C)[C@@H](O)c1ccccc1)OC)N(C)C(=O)[C@@H](CC(=O)[C@H](C(C)C)N(C)C(=O)OCc1ccc(OC(=O)Oc2ccc([N+](=O)[O-])cc2)cc1)C(C)C. The molecule has 74 heavy (non-hydrogen) atoms. The van der Waals surface area contributed by atoms with E-state index in [-0.39, 0.29) is 96.2 Å². The molecule has 406 valence electrons. The third-order valence-electron chi connectivity index (χ3n) is 14.5. The number of ketones is 2. The van der Waals surface area contributed by atoms with E-state index in [1.54, 1.807) is 36.1 Å². The van der Waals surface area contributed by atoms with Crippen molar-refractivity contribution in [3.63, 3.8) is 0 Å². The van der Waals surface area contributed by atoms with E-state index < -0.39 is 59.4 Å². The normalized spacial score (nSPS) is 17.2. The maximum atomic E-state index is 14.7. The molecule has 1 aliphatic heterocycles. The summed E-state index contributed by atoms with van der Waals surface area (Å²) in [5, 5.41) is 21.9. The number of methoxy groups -OCH3 is 2. The van der Waals surface area contributed by atoms with Gasteiger partial charge in [0.2, 0.25) is 11.8 Å². The highest BCUT2D eigenvalue weighted by atomic mass is 16.7. The molecule has 18 nitrogen and oxygen atoms in total. The van der Waals surface area contributed by atoms with Crippen LogP contribution < -0.4 is 9.47 Å². The predicted molar refractivity (Wildman–Crippen MR) is 277 cm³/mol. The first-order valence-corrected chi connectivity index (χ1v) is 25.6. The Hall–Kier alpha value is -6.24. The summed E-state index contributed by atoms with van der Waals surface area (Å²) in [6, 6.07) is 18.4. The number of carbonyl (C=O) groups is 6. The number of hydrogen-bond acceptors (Lipinski definition) is 14. The van der Waals surface area contributed by atoms with Crippen molar-refractivity contribution < 1.29 is 62.5 Å². The standard InChI is InChI=1S/C56H78N4O14/c1-13-36(6)51(48(70-11)32-49(63)59-29-17-20-45(59)53(71-12)38(8)46(61)30-37(7)52(64)40-18-15-14-16-19-40)57(9)54(65)44(34(2)3)31-47(62)50(35(4)5)58(10)55(66)72-33-39-21-25-42(26-22-39)73-56(67)74-43-27-23-41(24-28-43)60(68)69/h14-16,18-19,21-28,34-38,44-45,48,50-53,64H,13,17,20,29-33H2,1-12H3/t36-,37-,38-,44-,45-,48+,50-,51-,52+,53+/m0/s1. The van der Waals surface area contributed by atoms with E-state index in [4.69, 9.17) is 23.7 Å². The minimum atomic E-state index is -1.06. The molecule has 0 saturated carbocycles. The van der Waals surface area contributed by atoms with Crippen LogP contribution in [0.15, 0.2) is 78.9 Å². The van der Waals surface area contributed by atoms with Crippen molar-refractivity contribution in [1.82, 2.24) is 14.7 Å². The van der Waals surface area contributed by atoms with Gasteiger partial charge in [0.25, 0.3) is 5.69 Å². The van der Waals surface area contributed by atoms with Gasteiger partial charge in [0.15, 0.2) is 5.78 Å². The molecule has 18 heteroatoms. The molecule has 1 fully saturated rings. The minimum absolute atomic E-state index is 0.0367. The zero-order valence-electron chi connectivity index (χ0n) is 45.1. The highest BCUT2D eigenvalue weighted by molar-refractivity contribution is 5.92. The number of hydrogen-bond donors (Lipinski definition) is 1. The Balaban J connectivity index is 1.39. The number of rotatable bonds is 27. The zero-order chi connectivity index (χ0) is 55.0. The number of nitro groups is 1. The first-order chi connectivity index (χ1) is 35.0. The van der Waals surface area contributed by atoms with Crippen molar-refractivity contribution >= 4 is 41.3 Å².